The van der Waals surface area contributed by atoms with Crippen LogP contribution >= 0.6 is 0 Å². The lowest BCUT2D eigenvalue weighted by Gasteiger charge is -2.29. The third-order valence-corrected chi connectivity index (χ3v) is 5.94. The van der Waals surface area contributed by atoms with Crippen LogP contribution in [0.5, 0.6) is 5.75 Å². The molecule has 2 aromatic rings. The molecule has 168 valence electrons. The summed E-state index contributed by atoms with van der Waals surface area (Å²) in [7, 11) is -4.10. The van der Waals surface area contributed by atoms with E-state index in [-0.39, 0.29) is 35.2 Å². The zero-order valence-corrected chi connectivity index (χ0v) is 19.0. The minimum absolute atomic E-state index is 0.0427. The number of para-hydroxylation sites is 1. The molecule has 1 atom stereocenters. The highest BCUT2D eigenvalue weighted by Crippen LogP contribution is 2.26. The lowest BCUT2D eigenvalue weighted by Crippen LogP contribution is -2.44. The predicted molar refractivity (Wildman–Crippen MR) is 119 cm³/mol. The van der Waals surface area contributed by atoms with Gasteiger partial charge < -0.3 is 19.7 Å². The highest BCUT2D eigenvalue weighted by molar-refractivity contribution is 7.87. The second-order valence-corrected chi connectivity index (χ2v) is 8.62. The molecule has 3 amide bonds. The van der Waals surface area contributed by atoms with Crippen molar-refractivity contribution in [1.82, 2.24) is 10.2 Å². The lowest BCUT2D eigenvalue weighted by atomic mass is 10.1. The van der Waals surface area contributed by atoms with Gasteiger partial charge in [-0.1, -0.05) is 25.1 Å². The van der Waals surface area contributed by atoms with Gasteiger partial charge in [0, 0.05) is 30.8 Å². The molecule has 0 aliphatic heterocycles. The van der Waals surface area contributed by atoms with Crippen LogP contribution in [0.2, 0.25) is 0 Å². The average Bonchev–Trinajstić information content (AvgIpc) is 2.72. The molecule has 0 radical (unpaired) electrons. The molecule has 0 saturated carbocycles. The number of benzene rings is 2. The van der Waals surface area contributed by atoms with Gasteiger partial charge in [-0.25, -0.2) is 4.79 Å². The molecular formula is C22H29N3O5S. The molecule has 0 aromatic heterocycles. The predicted octanol–water partition coefficient (Wildman–Crippen LogP) is 3.74. The SMILES string of the molecule is CCNC(=O)N(Cc1ccccc1OS(=O)(=O)c1ccc(NC(C)=O)cc1)[C@H](C)CC. The van der Waals surface area contributed by atoms with E-state index in [0.717, 1.165) is 6.42 Å². The Labute approximate surface area is 183 Å². The van der Waals surface area contributed by atoms with Gasteiger partial charge in [-0.15, -0.1) is 0 Å². The Morgan fingerprint density at radius 2 is 1.71 bits per heavy atom. The molecule has 2 aromatic carbocycles. The molecule has 2 rings (SSSR count). The van der Waals surface area contributed by atoms with Gasteiger partial charge in [-0.05, 0) is 50.6 Å². The van der Waals surface area contributed by atoms with E-state index in [9.17, 15) is 18.0 Å². The maximum atomic E-state index is 12.8. The first-order chi connectivity index (χ1) is 14.7. The summed E-state index contributed by atoms with van der Waals surface area (Å²) in [5.74, 6) is -0.0928. The van der Waals surface area contributed by atoms with Crippen molar-refractivity contribution in [3.8, 4) is 5.75 Å². The summed E-state index contributed by atoms with van der Waals surface area (Å²) in [5.41, 5.74) is 1.06. The van der Waals surface area contributed by atoms with Crippen LogP contribution < -0.4 is 14.8 Å². The number of anilines is 1. The van der Waals surface area contributed by atoms with Gasteiger partial charge in [-0.3, -0.25) is 4.79 Å². The third kappa shape index (κ3) is 6.71. The quantitative estimate of drug-likeness (QED) is 0.570. The number of rotatable bonds is 9. The van der Waals surface area contributed by atoms with Crippen molar-refractivity contribution in [2.45, 2.75) is 51.6 Å². The van der Waals surface area contributed by atoms with Gasteiger partial charge in [0.25, 0.3) is 0 Å². The minimum Gasteiger partial charge on any atom is -0.379 e. The Kier molecular flexibility index (Phi) is 8.44. The summed E-state index contributed by atoms with van der Waals surface area (Å²) in [5, 5.41) is 5.37. The summed E-state index contributed by atoms with van der Waals surface area (Å²) in [6.07, 6.45) is 0.749. The molecule has 0 spiro atoms. The van der Waals surface area contributed by atoms with Crippen LogP contribution in [0, 0.1) is 0 Å². The Bertz CT molecular complexity index is 1010. The van der Waals surface area contributed by atoms with E-state index in [1.54, 1.807) is 29.2 Å². The molecule has 0 unspecified atom stereocenters. The summed E-state index contributed by atoms with van der Waals surface area (Å²) < 4.78 is 31.0. The number of nitrogens with one attached hydrogen (secondary N) is 2. The molecule has 9 heteroatoms. The van der Waals surface area contributed by atoms with Crippen LogP contribution in [0.3, 0.4) is 0 Å². The second-order valence-electron chi connectivity index (χ2n) is 7.07. The fraction of sp³-hybridized carbons (Fsp3) is 0.364. The van der Waals surface area contributed by atoms with Gasteiger partial charge >= 0.3 is 16.1 Å². The van der Waals surface area contributed by atoms with Crippen LogP contribution in [0.15, 0.2) is 53.4 Å². The van der Waals surface area contributed by atoms with E-state index in [1.807, 2.05) is 20.8 Å². The highest BCUT2D eigenvalue weighted by atomic mass is 32.2. The van der Waals surface area contributed by atoms with Crippen molar-refractivity contribution in [2.24, 2.45) is 0 Å². The van der Waals surface area contributed by atoms with Crippen LogP contribution in [-0.4, -0.2) is 37.8 Å². The molecule has 0 bridgehead atoms. The van der Waals surface area contributed by atoms with Gasteiger partial charge in [0.15, 0.2) is 0 Å². The number of carbonyl (C=O) groups excluding carboxylic acids is 2. The maximum absolute atomic E-state index is 12.8. The lowest BCUT2D eigenvalue weighted by molar-refractivity contribution is -0.114. The van der Waals surface area contributed by atoms with E-state index in [0.29, 0.717) is 17.8 Å². The number of urea groups is 1. The van der Waals surface area contributed by atoms with Crippen molar-refractivity contribution in [1.29, 1.82) is 0 Å². The topological polar surface area (TPSA) is 105 Å². The first kappa shape index (κ1) is 24.2. The van der Waals surface area contributed by atoms with Crippen LogP contribution in [-0.2, 0) is 21.5 Å². The molecule has 0 heterocycles. The molecule has 2 N–H and O–H groups in total. The Balaban J connectivity index is 2.28. The molecule has 0 saturated heterocycles. The average molecular weight is 448 g/mol. The number of hydrogen-bond donors (Lipinski definition) is 2. The standard InChI is InChI=1S/C22H29N3O5S/c1-5-16(3)25(22(27)23-6-2)15-18-9-7-8-10-21(18)30-31(28,29)20-13-11-19(12-14-20)24-17(4)26/h7-14,16H,5-6,15H2,1-4H3,(H,23,27)(H,24,26)/t16-/m1/s1. The van der Waals surface area contributed by atoms with Crippen molar-refractivity contribution in [2.75, 3.05) is 11.9 Å². The normalized spacial score (nSPS) is 12.0. The number of carbonyl (C=O) groups is 2. The summed E-state index contributed by atoms with van der Waals surface area (Å²) in [6.45, 7) is 7.82. The van der Waals surface area contributed by atoms with E-state index in [1.165, 1.54) is 31.2 Å². The van der Waals surface area contributed by atoms with Crippen LogP contribution in [0.1, 0.15) is 39.7 Å². The number of amides is 3. The molecular weight excluding hydrogens is 418 g/mol. The van der Waals surface area contributed by atoms with Gasteiger partial charge in [0.05, 0.1) is 6.54 Å². The fourth-order valence-electron chi connectivity index (χ4n) is 2.87. The highest BCUT2D eigenvalue weighted by Gasteiger charge is 2.23. The van der Waals surface area contributed by atoms with E-state index in [2.05, 4.69) is 10.6 Å². The minimum atomic E-state index is -4.10. The summed E-state index contributed by atoms with van der Waals surface area (Å²) >= 11 is 0. The van der Waals surface area contributed by atoms with Gasteiger partial charge in [-0.2, -0.15) is 8.42 Å². The zero-order chi connectivity index (χ0) is 23.0. The number of nitrogens with zero attached hydrogens (tertiary/aromatic N) is 1. The molecule has 0 fully saturated rings. The van der Waals surface area contributed by atoms with E-state index < -0.39 is 10.1 Å². The van der Waals surface area contributed by atoms with Crippen molar-refractivity contribution < 1.29 is 22.2 Å². The van der Waals surface area contributed by atoms with Crippen molar-refractivity contribution in [3.05, 3.63) is 54.1 Å². The Morgan fingerprint density at radius 1 is 1.06 bits per heavy atom. The molecule has 0 aliphatic rings. The van der Waals surface area contributed by atoms with Crippen molar-refractivity contribution in [3.63, 3.8) is 0 Å². The zero-order valence-electron chi connectivity index (χ0n) is 18.2. The first-order valence-corrected chi connectivity index (χ1v) is 11.5. The van der Waals surface area contributed by atoms with Crippen molar-refractivity contribution >= 4 is 27.7 Å². The fourth-order valence-corrected chi connectivity index (χ4v) is 3.84. The third-order valence-electron chi connectivity index (χ3n) is 4.69. The van der Waals surface area contributed by atoms with Gasteiger partial charge in [0.2, 0.25) is 5.91 Å². The smallest absolute Gasteiger partial charge is 0.339 e. The van der Waals surface area contributed by atoms with E-state index in [4.69, 9.17) is 4.18 Å². The number of hydrogen-bond acceptors (Lipinski definition) is 5. The maximum Gasteiger partial charge on any atom is 0.339 e. The second kappa shape index (κ2) is 10.8. The monoisotopic (exact) mass is 447 g/mol. The molecule has 8 nitrogen and oxygen atoms in total. The van der Waals surface area contributed by atoms with E-state index >= 15 is 0 Å². The first-order valence-electron chi connectivity index (χ1n) is 10.1. The van der Waals surface area contributed by atoms with Crippen LogP contribution in [0.4, 0.5) is 10.5 Å². The molecule has 0 aliphatic carbocycles. The Morgan fingerprint density at radius 3 is 2.29 bits per heavy atom. The summed E-state index contributed by atoms with van der Waals surface area (Å²) in [6, 6.07) is 12.2. The molecule has 31 heavy (non-hydrogen) atoms. The largest absolute Gasteiger partial charge is 0.379 e. The van der Waals surface area contributed by atoms with Gasteiger partial charge in [0.1, 0.15) is 10.6 Å². The van der Waals surface area contributed by atoms with Crippen LogP contribution in [0.25, 0.3) is 0 Å². The summed E-state index contributed by atoms with van der Waals surface area (Å²) in [4.78, 5) is 25.2. The Hall–Kier alpha value is -3.07.